The maximum Gasteiger partial charge on any atom is 0.247 e. The third-order valence-electron chi connectivity index (χ3n) is 6.43. The van der Waals surface area contributed by atoms with E-state index < -0.39 is 0 Å². The lowest BCUT2D eigenvalue weighted by atomic mass is 10.1. The fourth-order valence-electron chi connectivity index (χ4n) is 4.89. The molecular weight excluding hydrogens is 460 g/mol. The van der Waals surface area contributed by atoms with Crippen molar-refractivity contribution in [3.63, 3.8) is 0 Å². The first-order valence-corrected chi connectivity index (χ1v) is 12.2. The van der Waals surface area contributed by atoms with Crippen molar-refractivity contribution in [2.75, 3.05) is 16.3 Å². The molecule has 0 radical (unpaired) electrons. The Labute approximate surface area is 209 Å². The maximum atomic E-state index is 13.6. The molecule has 1 aromatic heterocycles. The van der Waals surface area contributed by atoms with E-state index in [0.717, 1.165) is 22.5 Å². The second kappa shape index (κ2) is 9.55. The summed E-state index contributed by atoms with van der Waals surface area (Å²) in [6, 6.07) is 24.9. The molecule has 0 bridgehead atoms. The van der Waals surface area contributed by atoms with Crippen molar-refractivity contribution in [1.29, 1.82) is 0 Å². The molecule has 2 amide bonds. The van der Waals surface area contributed by atoms with E-state index in [9.17, 15) is 9.59 Å². The Morgan fingerprint density at radius 2 is 1.71 bits per heavy atom. The van der Waals surface area contributed by atoms with Crippen molar-refractivity contribution in [3.8, 4) is 0 Å². The SMILES string of the molecule is CC(C)N(C(=O)Cn1c(C2CC(=O)N(c3ccccc3Cl)C2)nc2ccccc21)c1ccccc1. The Morgan fingerprint density at radius 1 is 1.03 bits per heavy atom. The Hall–Kier alpha value is -3.64. The number of imidazole rings is 1. The van der Waals surface area contributed by atoms with Crippen LogP contribution in [0.15, 0.2) is 78.9 Å². The third-order valence-corrected chi connectivity index (χ3v) is 6.75. The molecule has 1 fully saturated rings. The first-order valence-electron chi connectivity index (χ1n) is 11.8. The number of para-hydroxylation sites is 4. The van der Waals surface area contributed by atoms with E-state index >= 15 is 0 Å². The number of nitrogens with zero attached hydrogens (tertiary/aromatic N) is 4. The minimum absolute atomic E-state index is 0.00104. The summed E-state index contributed by atoms with van der Waals surface area (Å²) in [6.07, 6.45) is 0.315. The lowest BCUT2D eigenvalue weighted by Gasteiger charge is -2.28. The van der Waals surface area contributed by atoms with Crippen LogP contribution in [0.25, 0.3) is 11.0 Å². The predicted octanol–water partition coefficient (Wildman–Crippen LogP) is 5.65. The largest absolute Gasteiger partial charge is 0.318 e. The highest BCUT2D eigenvalue weighted by Gasteiger charge is 2.36. The summed E-state index contributed by atoms with van der Waals surface area (Å²) in [5, 5.41) is 0.542. The van der Waals surface area contributed by atoms with Gasteiger partial charge in [0, 0.05) is 30.6 Å². The molecule has 2 heterocycles. The molecule has 6 nitrogen and oxygen atoms in total. The van der Waals surface area contributed by atoms with E-state index in [4.69, 9.17) is 16.6 Å². The van der Waals surface area contributed by atoms with Crippen LogP contribution in [0.5, 0.6) is 0 Å². The summed E-state index contributed by atoms with van der Waals surface area (Å²) in [6.45, 7) is 4.62. The summed E-state index contributed by atoms with van der Waals surface area (Å²) in [5.41, 5.74) is 3.26. The number of benzene rings is 3. The average Bonchev–Trinajstić information content (AvgIpc) is 3.40. The monoisotopic (exact) mass is 486 g/mol. The van der Waals surface area contributed by atoms with Crippen molar-refractivity contribution in [2.45, 2.75) is 38.8 Å². The van der Waals surface area contributed by atoms with Gasteiger partial charge in [-0.05, 0) is 50.2 Å². The Balaban J connectivity index is 1.50. The third kappa shape index (κ3) is 4.42. The molecular formula is C28H27ClN4O2. The summed E-state index contributed by atoms with van der Waals surface area (Å²) in [4.78, 5) is 35.1. The van der Waals surface area contributed by atoms with Gasteiger partial charge in [-0.2, -0.15) is 0 Å². The van der Waals surface area contributed by atoms with E-state index in [1.807, 2.05) is 96.1 Å². The van der Waals surface area contributed by atoms with E-state index in [2.05, 4.69) is 0 Å². The zero-order chi connectivity index (χ0) is 24.5. The van der Waals surface area contributed by atoms with Crippen LogP contribution < -0.4 is 9.80 Å². The van der Waals surface area contributed by atoms with Gasteiger partial charge in [0.05, 0.1) is 21.7 Å². The van der Waals surface area contributed by atoms with Gasteiger partial charge in [0.2, 0.25) is 11.8 Å². The van der Waals surface area contributed by atoms with Crippen LogP contribution in [-0.4, -0.2) is 34.0 Å². The van der Waals surface area contributed by atoms with Crippen LogP contribution in [0, 0.1) is 0 Å². The zero-order valence-corrected chi connectivity index (χ0v) is 20.5. The van der Waals surface area contributed by atoms with Crippen molar-refractivity contribution in [2.24, 2.45) is 0 Å². The normalized spacial score (nSPS) is 15.8. The quantitative estimate of drug-likeness (QED) is 0.354. The minimum Gasteiger partial charge on any atom is -0.318 e. The predicted molar refractivity (Wildman–Crippen MR) is 140 cm³/mol. The van der Waals surface area contributed by atoms with Gasteiger partial charge < -0.3 is 14.4 Å². The highest BCUT2D eigenvalue weighted by atomic mass is 35.5. The Bertz CT molecular complexity index is 1380. The number of halogens is 1. The van der Waals surface area contributed by atoms with Crippen LogP contribution in [-0.2, 0) is 16.1 Å². The highest BCUT2D eigenvalue weighted by Crippen LogP contribution is 2.36. The molecule has 0 N–H and O–H groups in total. The molecule has 1 aliphatic heterocycles. The number of amides is 2. The summed E-state index contributed by atoms with van der Waals surface area (Å²) >= 11 is 6.39. The fourth-order valence-corrected chi connectivity index (χ4v) is 5.12. The van der Waals surface area contributed by atoms with Crippen LogP contribution in [0.2, 0.25) is 5.02 Å². The number of hydrogen-bond acceptors (Lipinski definition) is 3. The van der Waals surface area contributed by atoms with E-state index in [0.29, 0.717) is 23.7 Å². The van der Waals surface area contributed by atoms with Crippen LogP contribution >= 0.6 is 11.6 Å². The van der Waals surface area contributed by atoms with E-state index in [-0.39, 0.29) is 30.3 Å². The van der Waals surface area contributed by atoms with Crippen molar-refractivity contribution in [1.82, 2.24) is 9.55 Å². The molecule has 5 rings (SSSR count). The standard InChI is InChI=1S/C28H27ClN4O2/c1-19(2)33(21-10-4-3-5-11-21)27(35)18-32-25-15-9-7-13-23(25)30-28(32)20-16-26(34)31(17-20)24-14-8-6-12-22(24)29/h3-15,19-20H,16-18H2,1-2H3. The number of anilines is 2. The number of fused-ring (bicyclic) bond motifs is 1. The second-order valence-corrected chi connectivity index (χ2v) is 9.50. The highest BCUT2D eigenvalue weighted by molar-refractivity contribution is 6.33. The number of carbonyl (C=O) groups is 2. The maximum absolute atomic E-state index is 13.6. The summed E-state index contributed by atoms with van der Waals surface area (Å²) in [5.74, 6) is 0.575. The molecule has 7 heteroatoms. The van der Waals surface area contributed by atoms with E-state index in [1.54, 1.807) is 11.0 Å². The fraction of sp³-hybridized carbons (Fsp3) is 0.250. The van der Waals surface area contributed by atoms with Gasteiger partial charge in [0.25, 0.3) is 0 Å². The van der Waals surface area contributed by atoms with Crippen molar-refractivity contribution < 1.29 is 9.59 Å². The number of rotatable bonds is 6. The average molecular weight is 487 g/mol. The van der Waals surface area contributed by atoms with Gasteiger partial charge in [-0.25, -0.2) is 4.98 Å². The molecule has 35 heavy (non-hydrogen) atoms. The van der Waals surface area contributed by atoms with Gasteiger partial charge in [-0.3, -0.25) is 9.59 Å². The lowest BCUT2D eigenvalue weighted by molar-refractivity contribution is -0.119. The van der Waals surface area contributed by atoms with Gasteiger partial charge >= 0.3 is 0 Å². The molecule has 0 saturated carbocycles. The van der Waals surface area contributed by atoms with Gasteiger partial charge in [-0.15, -0.1) is 0 Å². The molecule has 1 atom stereocenters. The van der Waals surface area contributed by atoms with E-state index in [1.165, 1.54) is 0 Å². The van der Waals surface area contributed by atoms with Crippen molar-refractivity contribution in [3.05, 3.63) is 89.7 Å². The smallest absolute Gasteiger partial charge is 0.247 e. The van der Waals surface area contributed by atoms with Crippen LogP contribution in [0.4, 0.5) is 11.4 Å². The van der Waals surface area contributed by atoms with Crippen molar-refractivity contribution >= 4 is 45.8 Å². The molecule has 3 aromatic carbocycles. The summed E-state index contributed by atoms with van der Waals surface area (Å²) in [7, 11) is 0. The minimum atomic E-state index is -0.150. The molecule has 0 aliphatic carbocycles. The lowest BCUT2D eigenvalue weighted by Crippen LogP contribution is -2.39. The first-order chi connectivity index (χ1) is 16.9. The second-order valence-electron chi connectivity index (χ2n) is 9.09. The topological polar surface area (TPSA) is 58.4 Å². The summed E-state index contributed by atoms with van der Waals surface area (Å²) < 4.78 is 1.98. The number of carbonyl (C=O) groups excluding carboxylic acids is 2. The Morgan fingerprint density at radius 3 is 2.46 bits per heavy atom. The van der Waals surface area contributed by atoms with Crippen LogP contribution in [0.1, 0.15) is 32.0 Å². The Kier molecular flexibility index (Phi) is 6.31. The zero-order valence-electron chi connectivity index (χ0n) is 19.8. The van der Waals surface area contributed by atoms with Gasteiger partial charge in [0.1, 0.15) is 12.4 Å². The molecule has 1 unspecified atom stereocenters. The van der Waals surface area contributed by atoms with Crippen LogP contribution in [0.3, 0.4) is 0 Å². The number of hydrogen-bond donors (Lipinski definition) is 0. The molecule has 0 spiro atoms. The number of aromatic nitrogens is 2. The van der Waals surface area contributed by atoms with Gasteiger partial charge in [-0.1, -0.05) is 54.1 Å². The molecule has 4 aromatic rings. The first kappa shape index (κ1) is 23.1. The molecule has 178 valence electrons. The molecule has 1 aliphatic rings. The van der Waals surface area contributed by atoms with Gasteiger partial charge in [0.15, 0.2) is 0 Å². The molecule has 1 saturated heterocycles.